The number of likely N-dealkylation sites (tertiary alicyclic amines) is 1. The molecule has 5 N–H and O–H groups in total. The van der Waals surface area contributed by atoms with E-state index >= 15 is 0 Å². The number of nitrogens with zero attached hydrogens (tertiary/aromatic N) is 1. The van der Waals surface area contributed by atoms with Crippen molar-refractivity contribution in [2.45, 2.75) is 95.7 Å². The highest BCUT2D eigenvalue weighted by atomic mass is 19.1. The molecule has 2 heterocycles. The van der Waals surface area contributed by atoms with Crippen molar-refractivity contribution >= 4 is 29.7 Å². The van der Waals surface area contributed by atoms with Crippen molar-refractivity contribution in [2.24, 2.45) is 11.8 Å². The minimum atomic E-state index is -1.60. The lowest BCUT2D eigenvalue weighted by molar-refractivity contribution is -0.145. The molecular formula is C30H41F2N5O7. The van der Waals surface area contributed by atoms with Crippen LogP contribution in [0.25, 0.3) is 0 Å². The second-order valence-corrected chi connectivity index (χ2v) is 12.3. The second-order valence-electron chi connectivity index (χ2n) is 12.3. The van der Waals surface area contributed by atoms with E-state index in [4.69, 9.17) is 4.74 Å². The van der Waals surface area contributed by atoms with Crippen LogP contribution in [0.3, 0.4) is 0 Å². The smallest absolute Gasteiger partial charge is 0.407 e. The molecule has 3 fully saturated rings. The first kappa shape index (κ1) is 33.1. The number of carbonyl (C=O) groups excluding carboxylic acids is 5. The Bertz CT molecular complexity index is 1220. The van der Waals surface area contributed by atoms with E-state index in [0.29, 0.717) is 19.0 Å². The van der Waals surface area contributed by atoms with Crippen LogP contribution < -0.4 is 21.3 Å². The van der Waals surface area contributed by atoms with Crippen LogP contribution in [0.15, 0.2) is 18.2 Å². The molecule has 5 atom stereocenters. The van der Waals surface area contributed by atoms with Gasteiger partial charge in [0.15, 0.2) is 6.10 Å². The lowest BCUT2D eigenvalue weighted by Crippen LogP contribution is -2.60. The molecule has 0 spiro atoms. The summed E-state index contributed by atoms with van der Waals surface area (Å²) in [6, 6.07) is 0.168. The van der Waals surface area contributed by atoms with Crippen molar-refractivity contribution in [1.82, 2.24) is 26.2 Å². The quantitative estimate of drug-likeness (QED) is 0.221. The molecule has 0 unspecified atom stereocenters. The summed E-state index contributed by atoms with van der Waals surface area (Å²) in [7, 11) is 0. The number of benzene rings is 1. The van der Waals surface area contributed by atoms with E-state index in [1.54, 1.807) is 0 Å². The summed E-state index contributed by atoms with van der Waals surface area (Å²) in [5.41, 5.74) is 0.129. The van der Waals surface area contributed by atoms with Crippen LogP contribution >= 0.6 is 0 Å². The number of piperidine rings is 1. The molecule has 4 rings (SSSR count). The summed E-state index contributed by atoms with van der Waals surface area (Å²) >= 11 is 0. The number of alkyl carbamates (subject to hydrolysis) is 1. The summed E-state index contributed by atoms with van der Waals surface area (Å²) in [6.45, 7) is 3.85. The Hall–Kier alpha value is -3.81. The topological polar surface area (TPSA) is 166 Å². The Morgan fingerprint density at radius 2 is 1.73 bits per heavy atom. The number of aliphatic hydroxyl groups is 1. The number of rotatable bonds is 13. The van der Waals surface area contributed by atoms with Crippen molar-refractivity contribution in [3.63, 3.8) is 0 Å². The molecule has 2 aliphatic heterocycles. The van der Waals surface area contributed by atoms with Crippen molar-refractivity contribution in [2.75, 3.05) is 13.1 Å². The van der Waals surface area contributed by atoms with Gasteiger partial charge in [-0.25, -0.2) is 13.6 Å². The number of halogens is 2. The average Bonchev–Trinajstić information content (AvgIpc) is 3.68. The maximum absolute atomic E-state index is 13.8. The SMILES string of the molecule is CC(C)C[C@@H](C(=O)N[C@@H](C[C@@H]1CCNC1=O)[C@@H](O)C(=O)NC1CC1)N1C[C@@H](NC(=O)OCc2cc(F)cc(F)c2)CCC1=O. The molecule has 5 amide bonds. The predicted molar refractivity (Wildman–Crippen MR) is 152 cm³/mol. The zero-order valence-electron chi connectivity index (χ0n) is 24.9. The molecule has 2 saturated heterocycles. The van der Waals surface area contributed by atoms with Crippen molar-refractivity contribution in [1.29, 1.82) is 0 Å². The molecule has 0 aromatic heterocycles. The van der Waals surface area contributed by atoms with Gasteiger partial charge >= 0.3 is 6.09 Å². The molecular weight excluding hydrogens is 580 g/mol. The summed E-state index contributed by atoms with van der Waals surface area (Å²) < 4.78 is 32.0. The third-order valence-electron chi connectivity index (χ3n) is 8.03. The fourth-order valence-corrected chi connectivity index (χ4v) is 5.58. The van der Waals surface area contributed by atoms with Gasteiger partial charge in [-0.15, -0.1) is 0 Å². The van der Waals surface area contributed by atoms with Gasteiger partial charge in [0.25, 0.3) is 5.91 Å². The standard InChI is InChI=1S/C30H41F2N5O7/c1-16(2)9-24(28(41)36-23(12-18-7-8-33-27(18)40)26(39)29(42)34-21-3-4-21)37-14-22(5-6-25(37)38)35-30(43)44-15-17-10-19(31)13-20(32)11-17/h10-11,13,16,18,21-24,26,39H,3-9,12,14-15H2,1-2H3,(H,33,40)(H,34,42)(H,35,43)(H,36,41)/t18-,22-,23-,24-,26+/m0/s1. The van der Waals surface area contributed by atoms with Crippen LogP contribution in [0.2, 0.25) is 0 Å². The summed E-state index contributed by atoms with van der Waals surface area (Å²) in [5.74, 6) is -3.84. The second kappa shape index (κ2) is 14.8. The minimum absolute atomic E-state index is 0.00620. The number of nitrogens with one attached hydrogen (secondary N) is 4. The number of amides is 5. The van der Waals surface area contributed by atoms with Crippen LogP contribution in [0, 0.1) is 23.5 Å². The molecule has 1 aromatic carbocycles. The summed E-state index contributed by atoms with van der Waals surface area (Å²) in [6.07, 6.45) is 0.305. The van der Waals surface area contributed by atoms with Crippen LogP contribution in [0.1, 0.15) is 64.4 Å². The lowest BCUT2D eigenvalue weighted by atomic mass is 9.93. The van der Waals surface area contributed by atoms with E-state index in [2.05, 4.69) is 21.3 Å². The van der Waals surface area contributed by atoms with Gasteiger partial charge in [0.1, 0.15) is 24.3 Å². The molecule has 0 radical (unpaired) electrons. The maximum atomic E-state index is 13.8. The molecule has 3 aliphatic rings. The predicted octanol–water partition coefficient (Wildman–Crippen LogP) is 1.25. The minimum Gasteiger partial charge on any atom is -0.445 e. The Morgan fingerprint density at radius 1 is 1.02 bits per heavy atom. The van der Waals surface area contributed by atoms with Crippen molar-refractivity contribution in [3.8, 4) is 0 Å². The Balaban J connectivity index is 1.42. The number of ether oxygens (including phenoxy) is 1. The fourth-order valence-electron chi connectivity index (χ4n) is 5.58. The van der Waals surface area contributed by atoms with Gasteiger partial charge in [0.05, 0.1) is 12.1 Å². The fraction of sp³-hybridized carbons (Fsp3) is 0.633. The largest absolute Gasteiger partial charge is 0.445 e. The molecule has 44 heavy (non-hydrogen) atoms. The van der Waals surface area contributed by atoms with E-state index < -0.39 is 59.7 Å². The highest BCUT2D eigenvalue weighted by Crippen LogP contribution is 2.23. The molecule has 12 nitrogen and oxygen atoms in total. The van der Waals surface area contributed by atoms with Crippen LogP contribution in [-0.4, -0.2) is 83.1 Å². The third-order valence-corrected chi connectivity index (χ3v) is 8.03. The normalized spacial score (nSPS) is 22.2. The molecule has 0 bridgehead atoms. The Morgan fingerprint density at radius 3 is 2.34 bits per heavy atom. The van der Waals surface area contributed by atoms with Gasteiger partial charge in [-0.1, -0.05) is 13.8 Å². The van der Waals surface area contributed by atoms with Crippen LogP contribution in [-0.2, 0) is 30.5 Å². The van der Waals surface area contributed by atoms with E-state index in [9.17, 15) is 37.9 Å². The Kier molecular flexibility index (Phi) is 11.1. The molecule has 14 heteroatoms. The van der Waals surface area contributed by atoms with E-state index in [1.807, 2.05) is 13.8 Å². The number of aliphatic hydroxyl groups excluding tert-OH is 1. The average molecular weight is 622 g/mol. The van der Waals surface area contributed by atoms with Crippen molar-refractivity contribution in [3.05, 3.63) is 35.4 Å². The first-order valence-electron chi connectivity index (χ1n) is 15.1. The van der Waals surface area contributed by atoms with Gasteiger partial charge in [-0.3, -0.25) is 19.2 Å². The third kappa shape index (κ3) is 9.34. The van der Waals surface area contributed by atoms with Gasteiger partial charge in [-0.2, -0.15) is 0 Å². The summed E-state index contributed by atoms with van der Waals surface area (Å²) in [4.78, 5) is 65.7. The molecule has 1 saturated carbocycles. The number of carbonyl (C=O) groups is 5. The zero-order chi connectivity index (χ0) is 32.0. The lowest BCUT2D eigenvalue weighted by Gasteiger charge is -2.39. The highest BCUT2D eigenvalue weighted by molar-refractivity contribution is 5.90. The zero-order valence-corrected chi connectivity index (χ0v) is 24.9. The number of hydrogen-bond donors (Lipinski definition) is 5. The van der Waals surface area contributed by atoms with Crippen molar-refractivity contribution < 1.29 is 42.6 Å². The van der Waals surface area contributed by atoms with E-state index in [0.717, 1.165) is 25.0 Å². The maximum Gasteiger partial charge on any atom is 0.407 e. The first-order chi connectivity index (χ1) is 20.9. The van der Waals surface area contributed by atoms with Crippen LogP contribution in [0.5, 0.6) is 0 Å². The van der Waals surface area contributed by atoms with E-state index in [1.165, 1.54) is 4.90 Å². The van der Waals surface area contributed by atoms with Gasteiger partial charge in [-0.05, 0) is 62.1 Å². The summed E-state index contributed by atoms with van der Waals surface area (Å²) in [5, 5.41) is 21.8. The van der Waals surface area contributed by atoms with Gasteiger partial charge < -0.3 is 36.0 Å². The molecule has 242 valence electrons. The monoisotopic (exact) mass is 621 g/mol. The highest BCUT2D eigenvalue weighted by Gasteiger charge is 2.40. The Labute approximate surface area is 254 Å². The van der Waals surface area contributed by atoms with Gasteiger partial charge in [0.2, 0.25) is 17.7 Å². The van der Waals surface area contributed by atoms with Crippen LogP contribution in [0.4, 0.5) is 13.6 Å². The number of hydrogen-bond acceptors (Lipinski definition) is 7. The van der Waals surface area contributed by atoms with E-state index in [-0.39, 0.29) is 68.2 Å². The molecule has 1 aliphatic carbocycles. The molecule has 1 aromatic rings. The first-order valence-corrected chi connectivity index (χ1v) is 15.1. The van der Waals surface area contributed by atoms with Gasteiger partial charge in [0, 0.05) is 37.5 Å².